The number of aryl methyl sites for hydroxylation is 1. The number of nitrogens with one attached hydrogen (secondary N) is 1. The van der Waals surface area contributed by atoms with Gasteiger partial charge in [0.2, 0.25) is 0 Å². The second kappa shape index (κ2) is 4.24. The molecule has 1 N–H and O–H groups in total. The summed E-state index contributed by atoms with van der Waals surface area (Å²) in [4.78, 5) is 7.26. The highest BCUT2D eigenvalue weighted by molar-refractivity contribution is 5.46. The number of hydrogen-bond acceptors (Lipinski definition) is 2. The zero-order valence-corrected chi connectivity index (χ0v) is 9.94. The van der Waals surface area contributed by atoms with E-state index in [1.807, 2.05) is 6.20 Å². The molecule has 1 atom stereocenters. The van der Waals surface area contributed by atoms with Crippen LogP contribution in [0.1, 0.15) is 29.2 Å². The van der Waals surface area contributed by atoms with E-state index < -0.39 is 0 Å². The zero-order chi connectivity index (χ0) is 11.7. The third-order valence-corrected chi connectivity index (χ3v) is 3.57. The van der Waals surface area contributed by atoms with Gasteiger partial charge in [0.1, 0.15) is 5.75 Å². The number of aromatic amines is 1. The zero-order valence-electron chi connectivity index (χ0n) is 9.94. The predicted octanol–water partition coefficient (Wildman–Crippen LogP) is 2.69. The Balaban J connectivity index is 1.92. The van der Waals surface area contributed by atoms with Gasteiger partial charge in [-0.3, -0.25) is 0 Å². The maximum absolute atomic E-state index is 5.48. The molecule has 1 aliphatic rings. The quantitative estimate of drug-likeness (QED) is 0.877. The SMILES string of the molecule is COc1cccc2c1C(Cc1cnc[nH]1)CC2. The summed E-state index contributed by atoms with van der Waals surface area (Å²) in [5.41, 5.74) is 4.03. The van der Waals surface area contributed by atoms with E-state index in [-0.39, 0.29) is 0 Å². The summed E-state index contributed by atoms with van der Waals surface area (Å²) in [7, 11) is 1.75. The van der Waals surface area contributed by atoms with Gasteiger partial charge in [-0.05, 0) is 36.8 Å². The maximum atomic E-state index is 5.48. The lowest BCUT2D eigenvalue weighted by Crippen LogP contribution is -2.01. The van der Waals surface area contributed by atoms with E-state index in [9.17, 15) is 0 Å². The Labute approximate surface area is 101 Å². The van der Waals surface area contributed by atoms with Crippen LogP contribution in [0.25, 0.3) is 0 Å². The van der Waals surface area contributed by atoms with Gasteiger partial charge in [0.25, 0.3) is 0 Å². The van der Waals surface area contributed by atoms with Crippen LogP contribution in [0, 0.1) is 0 Å². The van der Waals surface area contributed by atoms with Gasteiger partial charge in [-0.15, -0.1) is 0 Å². The van der Waals surface area contributed by atoms with Crippen molar-refractivity contribution in [2.24, 2.45) is 0 Å². The van der Waals surface area contributed by atoms with Crippen LogP contribution in [0.3, 0.4) is 0 Å². The molecule has 0 amide bonds. The van der Waals surface area contributed by atoms with Gasteiger partial charge in [0.05, 0.1) is 13.4 Å². The van der Waals surface area contributed by atoms with E-state index in [1.54, 1.807) is 13.4 Å². The first-order valence-electron chi connectivity index (χ1n) is 6.01. The number of fused-ring (bicyclic) bond motifs is 1. The van der Waals surface area contributed by atoms with E-state index in [0.29, 0.717) is 5.92 Å². The minimum Gasteiger partial charge on any atom is -0.496 e. The average Bonchev–Trinajstić information content (AvgIpc) is 2.99. The molecule has 0 spiro atoms. The molecule has 0 fully saturated rings. The molecule has 17 heavy (non-hydrogen) atoms. The molecule has 3 nitrogen and oxygen atoms in total. The van der Waals surface area contributed by atoms with Gasteiger partial charge in [-0.2, -0.15) is 0 Å². The number of aromatic nitrogens is 2. The maximum Gasteiger partial charge on any atom is 0.122 e. The molecule has 1 heterocycles. The summed E-state index contributed by atoms with van der Waals surface area (Å²) in [6.45, 7) is 0. The molecule has 1 aliphatic carbocycles. The molecule has 2 aromatic rings. The van der Waals surface area contributed by atoms with E-state index in [4.69, 9.17) is 4.74 Å². The number of ether oxygens (including phenoxy) is 1. The minimum absolute atomic E-state index is 0.557. The number of methoxy groups -OCH3 is 1. The van der Waals surface area contributed by atoms with Crippen LogP contribution in [-0.4, -0.2) is 17.1 Å². The second-order valence-corrected chi connectivity index (χ2v) is 4.55. The lowest BCUT2D eigenvalue weighted by molar-refractivity contribution is 0.406. The van der Waals surface area contributed by atoms with Gasteiger partial charge >= 0.3 is 0 Å². The van der Waals surface area contributed by atoms with Crippen molar-refractivity contribution in [3.05, 3.63) is 47.5 Å². The number of rotatable bonds is 3. The number of benzene rings is 1. The molecule has 0 aliphatic heterocycles. The number of H-pyrrole nitrogens is 1. The fraction of sp³-hybridized carbons (Fsp3) is 0.357. The van der Waals surface area contributed by atoms with Crippen LogP contribution >= 0.6 is 0 Å². The summed E-state index contributed by atoms with van der Waals surface area (Å²) in [5, 5.41) is 0. The van der Waals surface area contributed by atoms with Crippen molar-refractivity contribution in [3.8, 4) is 5.75 Å². The lowest BCUT2D eigenvalue weighted by Gasteiger charge is -2.14. The Kier molecular flexibility index (Phi) is 2.59. The van der Waals surface area contributed by atoms with Crippen molar-refractivity contribution >= 4 is 0 Å². The normalized spacial score (nSPS) is 18.1. The molecular weight excluding hydrogens is 212 g/mol. The Morgan fingerprint density at radius 3 is 3.18 bits per heavy atom. The van der Waals surface area contributed by atoms with Gasteiger partial charge < -0.3 is 9.72 Å². The molecule has 0 saturated heterocycles. The van der Waals surface area contributed by atoms with Crippen molar-refractivity contribution in [2.75, 3.05) is 7.11 Å². The van der Waals surface area contributed by atoms with Gasteiger partial charge in [0.15, 0.2) is 0 Å². The third-order valence-electron chi connectivity index (χ3n) is 3.57. The Morgan fingerprint density at radius 1 is 1.47 bits per heavy atom. The first-order chi connectivity index (χ1) is 8.38. The van der Waals surface area contributed by atoms with E-state index in [1.165, 1.54) is 23.2 Å². The summed E-state index contributed by atoms with van der Waals surface area (Å²) in [6.07, 6.45) is 7.04. The highest BCUT2D eigenvalue weighted by Gasteiger charge is 2.26. The summed E-state index contributed by atoms with van der Waals surface area (Å²) < 4.78 is 5.48. The van der Waals surface area contributed by atoms with Crippen LogP contribution in [0.2, 0.25) is 0 Å². The van der Waals surface area contributed by atoms with Crippen LogP contribution in [0.5, 0.6) is 5.75 Å². The Bertz CT molecular complexity index is 505. The molecule has 0 radical (unpaired) electrons. The van der Waals surface area contributed by atoms with Crippen LogP contribution in [0.4, 0.5) is 0 Å². The molecular formula is C14H16N2O. The van der Waals surface area contributed by atoms with Crippen molar-refractivity contribution in [2.45, 2.75) is 25.2 Å². The lowest BCUT2D eigenvalue weighted by atomic mass is 9.95. The monoisotopic (exact) mass is 228 g/mol. The van der Waals surface area contributed by atoms with E-state index >= 15 is 0 Å². The number of imidazole rings is 1. The van der Waals surface area contributed by atoms with E-state index in [2.05, 4.69) is 28.2 Å². The molecule has 88 valence electrons. The molecule has 3 rings (SSSR count). The first-order valence-corrected chi connectivity index (χ1v) is 6.01. The minimum atomic E-state index is 0.557. The van der Waals surface area contributed by atoms with Crippen molar-refractivity contribution < 1.29 is 4.74 Å². The van der Waals surface area contributed by atoms with Crippen LogP contribution in [-0.2, 0) is 12.8 Å². The van der Waals surface area contributed by atoms with Crippen LogP contribution < -0.4 is 4.74 Å². The standard InChI is InChI=1S/C14H16N2O/c1-17-13-4-2-3-10-5-6-11(14(10)13)7-12-8-15-9-16-12/h2-4,8-9,11H,5-7H2,1H3,(H,15,16). The number of hydrogen-bond donors (Lipinski definition) is 1. The predicted molar refractivity (Wildman–Crippen MR) is 66.3 cm³/mol. The van der Waals surface area contributed by atoms with Crippen molar-refractivity contribution in [1.82, 2.24) is 9.97 Å². The van der Waals surface area contributed by atoms with E-state index in [0.717, 1.165) is 18.6 Å². The summed E-state index contributed by atoms with van der Waals surface area (Å²) in [5.74, 6) is 1.59. The largest absolute Gasteiger partial charge is 0.496 e. The highest BCUT2D eigenvalue weighted by atomic mass is 16.5. The summed E-state index contributed by atoms with van der Waals surface area (Å²) in [6, 6.07) is 6.35. The topological polar surface area (TPSA) is 37.9 Å². The third kappa shape index (κ3) is 1.82. The number of nitrogens with zero attached hydrogens (tertiary/aromatic N) is 1. The average molecular weight is 228 g/mol. The molecule has 3 heteroatoms. The fourth-order valence-electron chi connectivity index (χ4n) is 2.79. The van der Waals surface area contributed by atoms with Gasteiger partial charge in [0, 0.05) is 17.5 Å². The molecule has 0 bridgehead atoms. The smallest absolute Gasteiger partial charge is 0.122 e. The summed E-state index contributed by atoms with van der Waals surface area (Å²) >= 11 is 0. The Morgan fingerprint density at radius 2 is 2.41 bits per heavy atom. The molecule has 1 aromatic heterocycles. The molecule has 0 saturated carbocycles. The second-order valence-electron chi connectivity index (χ2n) is 4.55. The molecule has 1 unspecified atom stereocenters. The van der Waals surface area contributed by atoms with Crippen molar-refractivity contribution in [1.29, 1.82) is 0 Å². The van der Waals surface area contributed by atoms with Crippen molar-refractivity contribution in [3.63, 3.8) is 0 Å². The van der Waals surface area contributed by atoms with Crippen LogP contribution in [0.15, 0.2) is 30.7 Å². The van der Waals surface area contributed by atoms with Gasteiger partial charge in [-0.25, -0.2) is 4.98 Å². The molecule has 1 aromatic carbocycles. The fourth-order valence-corrected chi connectivity index (χ4v) is 2.79. The first kappa shape index (κ1) is 10.4. The highest BCUT2D eigenvalue weighted by Crippen LogP contribution is 2.40. The van der Waals surface area contributed by atoms with Gasteiger partial charge in [-0.1, -0.05) is 12.1 Å². The Hall–Kier alpha value is -1.77.